The third-order valence-electron chi connectivity index (χ3n) is 4.02. The normalized spacial score (nSPS) is 10.8. The van der Waals surface area contributed by atoms with E-state index in [2.05, 4.69) is 21.7 Å². The molecule has 0 aliphatic rings. The predicted octanol–water partition coefficient (Wildman–Crippen LogP) is 5.94. The minimum Gasteiger partial charge on any atom is -0.457 e. The quantitative estimate of drug-likeness (QED) is 0.249. The van der Waals surface area contributed by atoms with Crippen LogP contribution in [0.3, 0.4) is 0 Å². The van der Waals surface area contributed by atoms with Gasteiger partial charge in [-0.2, -0.15) is 13.2 Å². The number of alkyl halides is 3. The van der Waals surface area contributed by atoms with Gasteiger partial charge in [0.2, 0.25) is 5.11 Å². The summed E-state index contributed by atoms with van der Waals surface area (Å²) in [4.78, 5) is 12.4. The summed E-state index contributed by atoms with van der Waals surface area (Å²) in [5.74, 6) is -0.383. The molecule has 0 atom stereocenters. The topological polar surface area (TPSA) is 74.4 Å². The van der Waals surface area contributed by atoms with Gasteiger partial charge < -0.3 is 4.74 Å². The first kappa shape index (κ1) is 24.4. The molecule has 0 aliphatic carbocycles. The Bertz CT molecular complexity index is 1180. The van der Waals surface area contributed by atoms with Gasteiger partial charge in [0.05, 0.1) is 21.3 Å². The standard InChI is InChI=1S/C21H15Cl2F3N4O2S/c22-17-8-7-14(11-18(17)23)27-29-20(33)30-28-19(31)12-3-1-5-15(9-12)32-16-6-2-4-13(10-16)21(24,25)26/h1-11,27H,(H,28,31)(H2,29,30,33). The van der Waals surface area contributed by atoms with Gasteiger partial charge in [0.15, 0.2) is 0 Å². The Morgan fingerprint density at radius 1 is 0.848 bits per heavy atom. The van der Waals surface area contributed by atoms with Crippen LogP contribution in [-0.2, 0) is 6.18 Å². The van der Waals surface area contributed by atoms with Crippen LogP contribution >= 0.6 is 35.4 Å². The lowest BCUT2D eigenvalue weighted by Crippen LogP contribution is -2.48. The average molecular weight is 515 g/mol. The average Bonchev–Trinajstić information content (AvgIpc) is 2.78. The Kier molecular flexibility index (Phi) is 7.85. The van der Waals surface area contributed by atoms with Crippen molar-refractivity contribution in [3.05, 3.63) is 87.9 Å². The van der Waals surface area contributed by atoms with Crippen LogP contribution in [0.25, 0.3) is 0 Å². The molecule has 0 saturated carbocycles. The molecule has 0 saturated heterocycles. The van der Waals surface area contributed by atoms with Crippen LogP contribution < -0.4 is 26.4 Å². The van der Waals surface area contributed by atoms with Crippen molar-refractivity contribution in [3.8, 4) is 11.5 Å². The van der Waals surface area contributed by atoms with Crippen molar-refractivity contribution in [1.29, 1.82) is 0 Å². The molecule has 1 amide bonds. The van der Waals surface area contributed by atoms with Gasteiger partial charge in [0.1, 0.15) is 11.5 Å². The number of thiocarbonyl (C=S) groups is 1. The van der Waals surface area contributed by atoms with Gasteiger partial charge in [0, 0.05) is 5.56 Å². The van der Waals surface area contributed by atoms with Gasteiger partial charge in [-0.25, -0.2) is 0 Å². The molecule has 0 aliphatic heterocycles. The number of hydrazine groups is 2. The Hall–Kier alpha value is -3.21. The van der Waals surface area contributed by atoms with E-state index in [1.54, 1.807) is 18.2 Å². The summed E-state index contributed by atoms with van der Waals surface area (Å²) < 4.78 is 44.1. The van der Waals surface area contributed by atoms with Crippen LogP contribution in [0.15, 0.2) is 66.7 Å². The highest BCUT2D eigenvalue weighted by atomic mass is 35.5. The molecule has 0 aromatic heterocycles. The molecule has 3 aromatic rings. The van der Waals surface area contributed by atoms with Gasteiger partial charge in [-0.15, -0.1) is 0 Å². The molecule has 4 N–H and O–H groups in total. The van der Waals surface area contributed by atoms with Gasteiger partial charge >= 0.3 is 6.18 Å². The number of hydrogen-bond acceptors (Lipinski definition) is 4. The van der Waals surface area contributed by atoms with E-state index < -0.39 is 17.6 Å². The number of halogens is 5. The van der Waals surface area contributed by atoms with Gasteiger partial charge in [-0.05, 0) is 66.8 Å². The first-order chi connectivity index (χ1) is 15.6. The van der Waals surface area contributed by atoms with Crippen LogP contribution in [0.4, 0.5) is 18.9 Å². The Morgan fingerprint density at radius 2 is 1.55 bits per heavy atom. The highest BCUT2D eigenvalue weighted by Gasteiger charge is 2.30. The molecule has 33 heavy (non-hydrogen) atoms. The number of carbonyl (C=O) groups excluding carboxylic acids is 1. The summed E-state index contributed by atoms with van der Waals surface area (Å²) in [6, 6.07) is 15.2. The minimum absolute atomic E-state index is 0.0146. The number of ether oxygens (including phenoxy) is 1. The minimum atomic E-state index is -4.49. The number of nitrogens with one attached hydrogen (secondary N) is 4. The Balaban J connectivity index is 1.55. The number of carbonyl (C=O) groups is 1. The van der Waals surface area contributed by atoms with Crippen LogP contribution in [-0.4, -0.2) is 11.0 Å². The zero-order valence-electron chi connectivity index (χ0n) is 16.5. The van der Waals surface area contributed by atoms with Crippen molar-refractivity contribution >= 4 is 52.1 Å². The molecule has 3 rings (SSSR count). The lowest BCUT2D eigenvalue weighted by Gasteiger charge is -2.14. The Labute approximate surface area is 202 Å². The van der Waals surface area contributed by atoms with E-state index in [0.717, 1.165) is 12.1 Å². The molecular formula is C21H15Cl2F3N4O2S. The second-order valence-corrected chi connectivity index (χ2v) is 7.67. The van der Waals surface area contributed by atoms with Crippen molar-refractivity contribution in [2.45, 2.75) is 6.18 Å². The number of amides is 1. The zero-order chi connectivity index (χ0) is 24.0. The molecule has 0 spiro atoms. The monoisotopic (exact) mass is 514 g/mol. The van der Waals surface area contributed by atoms with Crippen LogP contribution in [0.1, 0.15) is 15.9 Å². The second-order valence-electron chi connectivity index (χ2n) is 6.44. The third kappa shape index (κ3) is 7.14. The summed E-state index contributed by atoms with van der Waals surface area (Å²) in [6.45, 7) is 0. The van der Waals surface area contributed by atoms with Gasteiger partial charge in [-0.3, -0.25) is 26.5 Å². The van der Waals surface area contributed by atoms with E-state index in [1.807, 2.05) is 0 Å². The van der Waals surface area contributed by atoms with Crippen LogP contribution in [0.2, 0.25) is 10.0 Å². The highest BCUT2D eigenvalue weighted by Crippen LogP contribution is 2.32. The maximum absolute atomic E-state index is 12.9. The molecule has 12 heteroatoms. The van der Waals surface area contributed by atoms with Crippen LogP contribution in [0, 0.1) is 0 Å². The lowest BCUT2D eigenvalue weighted by molar-refractivity contribution is -0.137. The third-order valence-corrected chi connectivity index (χ3v) is 4.97. The van der Waals surface area contributed by atoms with Crippen LogP contribution in [0.5, 0.6) is 11.5 Å². The van der Waals surface area contributed by atoms with Gasteiger partial charge in [-0.1, -0.05) is 35.3 Å². The lowest BCUT2D eigenvalue weighted by atomic mass is 10.2. The van der Waals surface area contributed by atoms with Crippen molar-refractivity contribution in [1.82, 2.24) is 16.3 Å². The summed E-state index contributed by atoms with van der Waals surface area (Å²) in [7, 11) is 0. The summed E-state index contributed by atoms with van der Waals surface area (Å²) >= 11 is 16.8. The van der Waals surface area contributed by atoms with Crippen molar-refractivity contribution in [2.75, 3.05) is 5.43 Å². The molecule has 0 bridgehead atoms. The molecule has 0 unspecified atom stereocenters. The summed E-state index contributed by atoms with van der Waals surface area (Å²) in [6.07, 6.45) is -4.49. The molecule has 0 heterocycles. The molecule has 3 aromatic carbocycles. The fourth-order valence-corrected chi connectivity index (χ4v) is 2.89. The first-order valence-corrected chi connectivity index (χ1v) is 10.3. The summed E-state index contributed by atoms with van der Waals surface area (Å²) in [5.41, 5.74) is 10.3. The Morgan fingerprint density at radius 3 is 2.24 bits per heavy atom. The summed E-state index contributed by atoms with van der Waals surface area (Å²) in [5, 5.41) is 0.795. The van der Waals surface area contributed by atoms with E-state index in [9.17, 15) is 18.0 Å². The highest BCUT2D eigenvalue weighted by molar-refractivity contribution is 7.80. The molecular weight excluding hydrogens is 500 g/mol. The number of rotatable bonds is 5. The fourth-order valence-electron chi connectivity index (χ4n) is 2.49. The predicted molar refractivity (Wildman–Crippen MR) is 124 cm³/mol. The smallest absolute Gasteiger partial charge is 0.416 e. The van der Waals surface area contributed by atoms with E-state index in [-0.39, 0.29) is 22.2 Å². The van der Waals surface area contributed by atoms with E-state index in [0.29, 0.717) is 15.7 Å². The number of hydrogen-bond donors (Lipinski definition) is 4. The number of anilines is 1. The SMILES string of the molecule is O=C(NNC(=S)NNc1ccc(Cl)c(Cl)c1)c1cccc(Oc2cccc(C(F)(F)F)c2)c1. The van der Waals surface area contributed by atoms with E-state index >= 15 is 0 Å². The number of benzene rings is 3. The van der Waals surface area contributed by atoms with Crippen molar-refractivity contribution < 1.29 is 22.7 Å². The second kappa shape index (κ2) is 10.6. The maximum Gasteiger partial charge on any atom is 0.416 e. The molecule has 172 valence electrons. The first-order valence-electron chi connectivity index (χ1n) is 9.14. The van der Waals surface area contributed by atoms with E-state index in [1.165, 1.54) is 36.4 Å². The molecule has 0 radical (unpaired) electrons. The van der Waals surface area contributed by atoms with Crippen molar-refractivity contribution in [3.63, 3.8) is 0 Å². The van der Waals surface area contributed by atoms with E-state index in [4.69, 9.17) is 40.2 Å². The van der Waals surface area contributed by atoms with Crippen molar-refractivity contribution in [2.24, 2.45) is 0 Å². The largest absolute Gasteiger partial charge is 0.457 e. The molecule has 6 nitrogen and oxygen atoms in total. The molecule has 0 fully saturated rings. The maximum atomic E-state index is 12.9. The van der Waals surface area contributed by atoms with Gasteiger partial charge in [0.25, 0.3) is 5.91 Å². The zero-order valence-corrected chi connectivity index (χ0v) is 18.8. The fraction of sp³-hybridized carbons (Fsp3) is 0.0476.